The Morgan fingerprint density at radius 3 is 2.89 bits per heavy atom. The van der Waals surface area contributed by atoms with Crippen LogP contribution in [0.5, 0.6) is 0 Å². The van der Waals surface area contributed by atoms with Gasteiger partial charge in [0.2, 0.25) is 5.95 Å². The maximum Gasteiger partial charge on any atom is 0.251 e. The smallest absolute Gasteiger partial charge is 0.251 e. The fourth-order valence-electron chi connectivity index (χ4n) is 2.45. The monoisotopic (exact) mass is 257 g/mol. The number of hydrogen-bond acceptors (Lipinski definition) is 5. The van der Waals surface area contributed by atoms with Gasteiger partial charge in [0.05, 0.1) is 5.69 Å². The average Bonchev–Trinajstić information content (AvgIpc) is 2.88. The molecule has 19 heavy (non-hydrogen) atoms. The van der Waals surface area contributed by atoms with Crippen LogP contribution in [0.15, 0.2) is 29.3 Å². The van der Waals surface area contributed by atoms with Crippen molar-refractivity contribution in [1.82, 2.24) is 19.9 Å². The number of H-pyrrole nitrogens is 1. The van der Waals surface area contributed by atoms with Gasteiger partial charge in [0.15, 0.2) is 0 Å². The van der Waals surface area contributed by atoms with E-state index in [1.807, 2.05) is 0 Å². The Kier molecular flexibility index (Phi) is 2.98. The second-order valence-corrected chi connectivity index (χ2v) is 4.74. The maximum atomic E-state index is 11.5. The van der Waals surface area contributed by atoms with Crippen molar-refractivity contribution in [3.05, 3.63) is 46.4 Å². The van der Waals surface area contributed by atoms with E-state index in [1.54, 1.807) is 31.5 Å². The number of anilines is 1. The lowest BCUT2D eigenvalue weighted by molar-refractivity contribution is 0.727. The summed E-state index contributed by atoms with van der Waals surface area (Å²) < 4.78 is 0. The molecule has 0 radical (unpaired) electrons. The Balaban J connectivity index is 1.81. The van der Waals surface area contributed by atoms with Crippen molar-refractivity contribution < 1.29 is 0 Å². The molecular formula is C13H15N5O. The number of aromatic nitrogens is 4. The van der Waals surface area contributed by atoms with Crippen molar-refractivity contribution in [2.75, 3.05) is 18.0 Å². The van der Waals surface area contributed by atoms with Crippen LogP contribution in [-0.2, 0) is 0 Å². The van der Waals surface area contributed by atoms with E-state index in [-0.39, 0.29) is 11.5 Å². The van der Waals surface area contributed by atoms with Crippen molar-refractivity contribution in [2.24, 2.45) is 0 Å². The minimum absolute atomic E-state index is 0.0862. The van der Waals surface area contributed by atoms with Crippen LogP contribution >= 0.6 is 0 Å². The first-order valence-corrected chi connectivity index (χ1v) is 6.32. The third-order valence-electron chi connectivity index (χ3n) is 3.32. The normalized spacial score (nSPS) is 18.8. The summed E-state index contributed by atoms with van der Waals surface area (Å²) in [6.07, 6.45) is 4.45. The zero-order valence-electron chi connectivity index (χ0n) is 10.7. The van der Waals surface area contributed by atoms with Crippen LogP contribution in [0, 0.1) is 6.92 Å². The van der Waals surface area contributed by atoms with Crippen LogP contribution in [0.3, 0.4) is 0 Å². The molecule has 1 N–H and O–H groups in total. The molecule has 98 valence electrons. The van der Waals surface area contributed by atoms with Gasteiger partial charge in [-0.15, -0.1) is 0 Å². The number of rotatable bonds is 2. The first-order chi connectivity index (χ1) is 9.22. The number of aryl methyl sites for hydroxylation is 1. The lowest BCUT2D eigenvalue weighted by Crippen LogP contribution is -2.22. The van der Waals surface area contributed by atoms with E-state index in [9.17, 15) is 4.79 Å². The lowest BCUT2D eigenvalue weighted by Gasteiger charge is -2.15. The van der Waals surface area contributed by atoms with Crippen molar-refractivity contribution in [2.45, 2.75) is 19.3 Å². The highest BCUT2D eigenvalue weighted by atomic mass is 16.1. The molecule has 0 aliphatic carbocycles. The second kappa shape index (κ2) is 4.79. The fourth-order valence-corrected chi connectivity index (χ4v) is 2.45. The summed E-state index contributed by atoms with van der Waals surface area (Å²) >= 11 is 0. The molecule has 1 saturated heterocycles. The molecular weight excluding hydrogens is 242 g/mol. The molecule has 2 aromatic rings. The number of aromatic amines is 1. The van der Waals surface area contributed by atoms with Gasteiger partial charge in [-0.2, -0.15) is 0 Å². The molecule has 0 saturated carbocycles. The van der Waals surface area contributed by atoms with Crippen LogP contribution < -0.4 is 10.5 Å². The molecule has 1 aliphatic heterocycles. The van der Waals surface area contributed by atoms with Crippen molar-refractivity contribution in [3.63, 3.8) is 0 Å². The second-order valence-electron chi connectivity index (χ2n) is 4.74. The van der Waals surface area contributed by atoms with Crippen LogP contribution in [-0.4, -0.2) is 33.0 Å². The lowest BCUT2D eigenvalue weighted by atomic mass is 10.0. The maximum absolute atomic E-state index is 11.5. The minimum atomic E-state index is -0.0862. The third-order valence-corrected chi connectivity index (χ3v) is 3.32. The molecule has 2 aromatic heterocycles. The molecule has 0 amide bonds. The highest BCUT2D eigenvalue weighted by molar-refractivity contribution is 5.32. The first-order valence-electron chi connectivity index (χ1n) is 6.32. The van der Waals surface area contributed by atoms with E-state index in [2.05, 4.69) is 24.8 Å². The van der Waals surface area contributed by atoms with Gasteiger partial charge in [-0.05, 0) is 19.4 Å². The molecule has 0 bridgehead atoms. The molecule has 0 spiro atoms. The van der Waals surface area contributed by atoms with Gasteiger partial charge in [0.1, 0.15) is 5.82 Å². The molecule has 0 aromatic carbocycles. The Labute approximate surface area is 110 Å². The van der Waals surface area contributed by atoms with E-state index < -0.39 is 0 Å². The third kappa shape index (κ3) is 2.47. The van der Waals surface area contributed by atoms with Gasteiger partial charge in [0.25, 0.3) is 5.56 Å². The van der Waals surface area contributed by atoms with Gasteiger partial charge in [0, 0.05) is 37.5 Å². The summed E-state index contributed by atoms with van der Waals surface area (Å²) in [6.45, 7) is 3.50. The molecule has 1 unspecified atom stereocenters. The Morgan fingerprint density at radius 1 is 1.37 bits per heavy atom. The quantitative estimate of drug-likeness (QED) is 0.863. The van der Waals surface area contributed by atoms with Crippen LogP contribution in [0.1, 0.15) is 23.9 Å². The van der Waals surface area contributed by atoms with Gasteiger partial charge in [-0.3, -0.25) is 4.79 Å². The van der Waals surface area contributed by atoms with Crippen LogP contribution in [0.2, 0.25) is 0 Å². The standard InChI is InChI=1S/C13H15N5O/c1-9-16-11(7-12(19)17-9)10-3-6-18(8-10)13-14-4-2-5-15-13/h2,4-5,7,10H,3,6,8H2,1H3,(H,16,17,19). The molecule has 1 aliphatic rings. The van der Waals surface area contributed by atoms with Gasteiger partial charge in [-0.1, -0.05) is 0 Å². The predicted octanol–water partition coefficient (Wildman–Crippen LogP) is 0.862. The van der Waals surface area contributed by atoms with Crippen molar-refractivity contribution in [3.8, 4) is 0 Å². The summed E-state index contributed by atoms with van der Waals surface area (Å²) in [7, 11) is 0. The molecule has 1 atom stereocenters. The van der Waals surface area contributed by atoms with Gasteiger partial charge < -0.3 is 9.88 Å². The summed E-state index contributed by atoms with van der Waals surface area (Å²) in [5.74, 6) is 1.67. The van der Waals surface area contributed by atoms with Crippen molar-refractivity contribution in [1.29, 1.82) is 0 Å². The average molecular weight is 257 g/mol. The minimum Gasteiger partial charge on any atom is -0.340 e. The topological polar surface area (TPSA) is 74.8 Å². The zero-order valence-corrected chi connectivity index (χ0v) is 10.7. The number of hydrogen-bond donors (Lipinski definition) is 1. The highest BCUT2D eigenvalue weighted by Crippen LogP contribution is 2.27. The zero-order chi connectivity index (χ0) is 13.2. The van der Waals surface area contributed by atoms with Crippen LogP contribution in [0.25, 0.3) is 0 Å². The van der Waals surface area contributed by atoms with Gasteiger partial charge in [-0.25, -0.2) is 15.0 Å². The van der Waals surface area contributed by atoms with Crippen LogP contribution in [0.4, 0.5) is 5.95 Å². The summed E-state index contributed by atoms with van der Waals surface area (Å²) in [5, 5.41) is 0. The summed E-state index contributed by atoms with van der Waals surface area (Å²) in [4.78, 5) is 29.2. The van der Waals surface area contributed by atoms with E-state index in [4.69, 9.17) is 0 Å². The largest absolute Gasteiger partial charge is 0.340 e. The first kappa shape index (κ1) is 11.8. The van der Waals surface area contributed by atoms with E-state index in [0.717, 1.165) is 31.2 Å². The molecule has 3 rings (SSSR count). The molecule has 6 heteroatoms. The Morgan fingerprint density at radius 2 is 2.16 bits per heavy atom. The predicted molar refractivity (Wildman–Crippen MR) is 71.2 cm³/mol. The van der Waals surface area contributed by atoms with E-state index in [0.29, 0.717) is 5.82 Å². The number of nitrogens with zero attached hydrogens (tertiary/aromatic N) is 4. The Hall–Kier alpha value is -2.24. The summed E-state index contributed by atoms with van der Waals surface area (Å²) in [6, 6.07) is 3.39. The molecule has 3 heterocycles. The molecule has 1 fully saturated rings. The van der Waals surface area contributed by atoms with Gasteiger partial charge >= 0.3 is 0 Å². The fraction of sp³-hybridized carbons (Fsp3) is 0.385. The van der Waals surface area contributed by atoms with E-state index >= 15 is 0 Å². The number of nitrogens with one attached hydrogen (secondary N) is 1. The molecule has 6 nitrogen and oxygen atoms in total. The van der Waals surface area contributed by atoms with Crippen molar-refractivity contribution >= 4 is 5.95 Å². The SMILES string of the molecule is Cc1nc(C2CCN(c3ncccn3)C2)cc(=O)[nH]1. The summed E-state index contributed by atoms with van der Waals surface area (Å²) in [5.41, 5.74) is 0.775. The van der Waals surface area contributed by atoms with E-state index in [1.165, 1.54) is 0 Å². The highest BCUT2D eigenvalue weighted by Gasteiger charge is 2.26. The Bertz CT molecular complexity index is 624.